The minimum absolute atomic E-state index is 0.0242. The van der Waals surface area contributed by atoms with E-state index in [4.69, 9.17) is 14.7 Å². The molecular weight excluding hydrogens is 316 g/mol. The molecule has 0 unspecified atom stereocenters. The van der Waals surface area contributed by atoms with Crippen LogP contribution in [-0.4, -0.2) is 39.6 Å². The molecule has 1 aromatic rings. The summed E-state index contributed by atoms with van der Waals surface area (Å²) in [4.78, 5) is 1.83. The molecule has 8 heteroatoms. The second-order valence-electron chi connectivity index (χ2n) is 4.95. The van der Waals surface area contributed by atoms with Crippen LogP contribution in [0.5, 0.6) is 0 Å². The summed E-state index contributed by atoms with van der Waals surface area (Å²) >= 11 is 0. The van der Waals surface area contributed by atoms with Gasteiger partial charge in [0.15, 0.2) is 5.57 Å². The maximum Gasteiger partial charge on any atom is 0.297 e. The molecule has 0 aliphatic carbocycles. The van der Waals surface area contributed by atoms with Gasteiger partial charge in [-0.15, -0.1) is 0 Å². The van der Waals surface area contributed by atoms with Crippen LogP contribution in [-0.2, 0) is 14.3 Å². The molecule has 1 aliphatic heterocycles. The molecule has 0 radical (unpaired) electrons. The first kappa shape index (κ1) is 16.8. The number of nitrogens with one attached hydrogen (secondary N) is 1. The fraction of sp³-hybridized carbons (Fsp3) is 0.333. The van der Waals surface area contributed by atoms with Gasteiger partial charge in [-0.3, -0.25) is 4.18 Å². The number of hydrogen-bond donors (Lipinski definition) is 1. The third-order valence-electron chi connectivity index (χ3n) is 3.36. The zero-order chi connectivity index (χ0) is 16.9. The molecular formula is C15H16N4O3S. The Hall–Kier alpha value is -2.55. The van der Waals surface area contributed by atoms with E-state index in [-0.39, 0.29) is 23.6 Å². The van der Waals surface area contributed by atoms with Crippen LogP contribution in [0.3, 0.4) is 0 Å². The number of aryl methyl sites for hydroxylation is 1. The van der Waals surface area contributed by atoms with Crippen LogP contribution >= 0.6 is 0 Å². The Balaban J connectivity index is 2.00. The number of nitriles is 2. The van der Waals surface area contributed by atoms with Crippen molar-refractivity contribution in [3.8, 4) is 12.1 Å². The summed E-state index contributed by atoms with van der Waals surface area (Å²) in [5, 5.41) is 20.8. The first-order chi connectivity index (χ1) is 11.0. The molecule has 1 aliphatic rings. The number of rotatable bonds is 5. The molecule has 0 aromatic heterocycles. The first-order valence-electron chi connectivity index (χ1n) is 6.97. The van der Waals surface area contributed by atoms with Gasteiger partial charge in [-0.2, -0.15) is 18.9 Å². The molecule has 1 heterocycles. The van der Waals surface area contributed by atoms with Crippen molar-refractivity contribution in [2.24, 2.45) is 0 Å². The summed E-state index contributed by atoms with van der Waals surface area (Å²) in [6.45, 7) is 3.24. The third-order valence-corrected chi connectivity index (χ3v) is 4.69. The van der Waals surface area contributed by atoms with Gasteiger partial charge in [0, 0.05) is 19.6 Å². The van der Waals surface area contributed by atoms with Gasteiger partial charge in [-0.1, -0.05) is 17.7 Å². The molecule has 1 aromatic carbocycles. The van der Waals surface area contributed by atoms with Gasteiger partial charge in [0.1, 0.15) is 18.0 Å². The second kappa shape index (κ2) is 7.14. The Kier molecular flexibility index (Phi) is 5.22. The molecule has 23 heavy (non-hydrogen) atoms. The van der Waals surface area contributed by atoms with E-state index in [0.29, 0.717) is 18.9 Å². The largest absolute Gasteiger partial charge is 0.368 e. The molecule has 7 nitrogen and oxygen atoms in total. The monoisotopic (exact) mass is 332 g/mol. The Morgan fingerprint density at radius 1 is 1.30 bits per heavy atom. The highest BCUT2D eigenvalue weighted by atomic mass is 32.2. The van der Waals surface area contributed by atoms with Crippen LogP contribution in [0.25, 0.3) is 0 Å². The van der Waals surface area contributed by atoms with E-state index in [9.17, 15) is 8.42 Å². The Morgan fingerprint density at radius 2 is 1.96 bits per heavy atom. The molecule has 1 N–H and O–H groups in total. The molecule has 1 fully saturated rings. The maximum absolute atomic E-state index is 12.1. The second-order valence-corrected chi connectivity index (χ2v) is 6.57. The van der Waals surface area contributed by atoms with Gasteiger partial charge in [0.25, 0.3) is 10.1 Å². The first-order valence-corrected chi connectivity index (χ1v) is 8.38. The van der Waals surface area contributed by atoms with Crippen LogP contribution in [0.4, 0.5) is 0 Å². The van der Waals surface area contributed by atoms with E-state index in [1.54, 1.807) is 17.0 Å². The maximum atomic E-state index is 12.1. The van der Waals surface area contributed by atoms with Crippen LogP contribution in [0.2, 0.25) is 0 Å². The fourth-order valence-corrected chi connectivity index (χ4v) is 3.06. The van der Waals surface area contributed by atoms with Crippen molar-refractivity contribution >= 4 is 10.1 Å². The summed E-state index contributed by atoms with van der Waals surface area (Å²) in [5.41, 5.74) is 0.936. The lowest BCUT2D eigenvalue weighted by Gasteiger charge is -2.18. The quantitative estimate of drug-likeness (QED) is 0.629. The minimum Gasteiger partial charge on any atom is -0.368 e. The fourth-order valence-electron chi connectivity index (χ4n) is 2.16. The van der Waals surface area contributed by atoms with Crippen LogP contribution in [0.15, 0.2) is 40.6 Å². The molecule has 0 atom stereocenters. The predicted molar refractivity (Wildman–Crippen MR) is 82.1 cm³/mol. The highest BCUT2D eigenvalue weighted by Gasteiger charge is 2.22. The molecule has 120 valence electrons. The van der Waals surface area contributed by atoms with Crippen molar-refractivity contribution in [2.75, 3.05) is 26.2 Å². The van der Waals surface area contributed by atoms with E-state index in [1.807, 2.05) is 19.1 Å². The minimum atomic E-state index is -3.81. The highest BCUT2D eigenvalue weighted by Crippen LogP contribution is 2.15. The van der Waals surface area contributed by atoms with E-state index in [0.717, 1.165) is 5.56 Å². The lowest BCUT2D eigenvalue weighted by molar-refractivity contribution is 0.262. The normalized spacial score (nSPS) is 14.0. The molecule has 2 rings (SSSR count). The molecule has 0 amide bonds. The lowest BCUT2D eigenvalue weighted by Crippen LogP contribution is -2.26. The van der Waals surface area contributed by atoms with E-state index < -0.39 is 10.1 Å². The molecule has 0 bridgehead atoms. The van der Waals surface area contributed by atoms with Crippen molar-refractivity contribution in [1.82, 2.24) is 10.2 Å². The number of hydrogen-bond acceptors (Lipinski definition) is 7. The predicted octanol–water partition coefficient (Wildman–Crippen LogP) is 0.864. The van der Waals surface area contributed by atoms with Gasteiger partial charge in [0.2, 0.25) is 0 Å². The summed E-state index contributed by atoms with van der Waals surface area (Å²) in [7, 11) is -3.81. The Bertz CT molecular complexity index is 769. The van der Waals surface area contributed by atoms with Crippen molar-refractivity contribution < 1.29 is 12.6 Å². The molecule has 0 spiro atoms. The number of allylic oxidation sites excluding steroid dienone is 1. The zero-order valence-corrected chi connectivity index (χ0v) is 13.4. The van der Waals surface area contributed by atoms with E-state index >= 15 is 0 Å². The van der Waals surface area contributed by atoms with Crippen molar-refractivity contribution in [3.05, 3.63) is 41.2 Å². The van der Waals surface area contributed by atoms with Crippen molar-refractivity contribution in [2.45, 2.75) is 11.8 Å². The van der Waals surface area contributed by atoms with Crippen LogP contribution < -0.4 is 5.32 Å². The van der Waals surface area contributed by atoms with Gasteiger partial charge >= 0.3 is 0 Å². The molecule has 0 saturated carbocycles. The van der Waals surface area contributed by atoms with Crippen molar-refractivity contribution in [3.63, 3.8) is 0 Å². The third kappa shape index (κ3) is 4.01. The zero-order valence-electron chi connectivity index (χ0n) is 12.6. The standard InChI is InChI=1S/C15H16N4O3S/c1-12-2-4-14(5-3-12)23(20,21)22-9-8-19-7-6-18-15(19)13(10-16)11-17/h2-5,18H,6-9H2,1H3. The summed E-state index contributed by atoms with van der Waals surface area (Å²) < 4.78 is 29.2. The average Bonchev–Trinajstić information content (AvgIpc) is 2.97. The van der Waals surface area contributed by atoms with Crippen LogP contribution in [0, 0.1) is 29.6 Å². The van der Waals surface area contributed by atoms with Gasteiger partial charge in [-0.25, -0.2) is 0 Å². The number of benzene rings is 1. The molecule has 1 saturated heterocycles. The summed E-state index contributed by atoms with van der Waals surface area (Å²) in [6, 6.07) is 10.0. The van der Waals surface area contributed by atoms with Gasteiger partial charge in [0.05, 0.1) is 11.5 Å². The summed E-state index contributed by atoms with van der Waals surface area (Å²) in [5.74, 6) is 0.423. The smallest absolute Gasteiger partial charge is 0.297 e. The Morgan fingerprint density at radius 3 is 2.57 bits per heavy atom. The average molecular weight is 332 g/mol. The SMILES string of the molecule is Cc1ccc(S(=O)(=O)OCCN2CCNC2=C(C#N)C#N)cc1. The van der Waals surface area contributed by atoms with Gasteiger partial charge < -0.3 is 10.2 Å². The van der Waals surface area contributed by atoms with Crippen molar-refractivity contribution in [1.29, 1.82) is 10.5 Å². The van der Waals surface area contributed by atoms with E-state index in [1.165, 1.54) is 12.1 Å². The van der Waals surface area contributed by atoms with Crippen LogP contribution in [0.1, 0.15) is 5.56 Å². The Labute approximate surface area is 135 Å². The highest BCUT2D eigenvalue weighted by molar-refractivity contribution is 7.86. The summed E-state index contributed by atoms with van der Waals surface area (Å²) in [6.07, 6.45) is 0. The number of nitrogens with zero attached hydrogens (tertiary/aromatic N) is 3. The van der Waals surface area contributed by atoms with E-state index in [2.05, 4.69) is 5.32 Å². The van der Waals surface area contributed by atoms with Gasteiger partial charge in [-0.05, 0) is 19.1 Å². The lowest BCUT2D eigenvalue weighted by atomic mass is 10.2. The topological polar surface area (TPSA) is 106 Å².